The van der Waals surface area contributed by atoms with Crippen LogP contribution in [0.2, 0.25) is 0 Å². The van der Waals surface area contributed by atoms with Crippen LogP contribution in [0.3, 0.4) is 0 Å². The Kier molecular flexibility index (Phi) is 2.89. The van der Waals surface area contributed by atoms with Crippen molar-refractivity contribution in [2.45, 2.75) is 0 Å². The van der Waals surface area contributed by atoms with E-state index in [-0.39, 0.29) is 11.0 Å². The van der Waals surface area contributed by atoms with E-state index in [0.717, 1.165) is 7.11 Å². The molecule has 88 valence electrons. The number of aromatic hydroxyl groups is 1. The third kappa shape index (κ3) is 1.91. The smallest absolute Gasteiger partial charge is 0.354 e. The standard InChI is InChI=1S/C11H7BrO5/c1-16-10(14)8-9(13)6-4-5(12)2-3-7(6)17-11(8)15/h2-4,13H,1H3. The van der Waals surface area contributed by atoms with E-state index in [1.165, 1.54) is 6.07 Å². The van der Waals surface area contributed by atoms with Gasteiger partial charge in [-0.15, -0.1) is 0 Å². The fraction of sp³-hybridized carbons (Fsp3) is 0.0909. The molecular weight excluding hydrogens is 292 g/mol. The van der Waals surface area contributed by atoms with Crippen molar-refractivity contribution in [2.75, 3.05) is 7.11 Å². The molecule has 17 heavy (non-hydrogen) atoms. The van der Waals surface area contributed by atoms with Gasteiger partial charge in [0.25, 0.3) is 0 Å². The lowest BCUT2D eigenvalue weighted by Gasteiger charge is -2.04. The number of esters is 1. The quantitative estimate of drug-likeness (QED) is 0.644. The summed E-state index contributed by atoms with van der Waals surface area (Å²) in [7, 11) is 1.12. The Morgan fingerprint density at radius 3 is 2.82 bits per heavy atom. The number of halogens is 1. The summed E-state index contributed by atoms with van der Waals surface area (Å²) in [5.41, 5.74) is -1.23. The van der Waals surface area contributed by atoms with Gasteiger partial charge in [0.05, 0.1) is 12.5 Å². The van der Waals surface area contributed by atoms with Crippen molar-refractivity contribution >= 4 is 32.9 Å². The molecule has 0 saturated carbocycles. The fourth-order valence-electron chi connectivity index (χ4n) is 1.44. The lowest BCUT2D eigenvalue weighted by molar-refractivity contribution is 0.0593. The largest absolute Gasteiger partial charge is 0.506 e. The molecule has 1 aromatic carbocycles. The van der Waals surface area contributed by atoms with Crippen molar-refractivity contribution in [1.82, 2.24) is 0 Å². The predicted octanol–water partition coefficient (Wildman–Crippen LogP) is 2.05. The highest BCUT2D eigenvalue weighted by Crippen LogP contribution is 2.29. The highest BCUT2D eigenvalue weighted by Gasteiger charge is 2.21. The maximum Gasteiger partial charge on any atom is 0.354 e. The van der Waals surface area contributed by atoms with E-state index < -0.39 is 22.9 Å². The van der Waals surface area contributed by atoms with Gasteiger partial charge in [0.2, 0.25) is 0 Å². The first-order chi connectivity index (χ1) is 8.04. The van der Waals surface area contributed by atoms with Crippen molar-refractivity contribution in [1.29, 1.82) is 0 Å². The van der Waals surface area contributed by atoms with Crippen molar-refractivity contribution in [2.24, 2.45) is 0 Å². The second-order valence-corrected chi connectivity index (χ2v) is 4.16. The molecule has 0 radical (unpaired) electrons. The highest BCUT2D eigenvalue weighted by molar-refractivity contribution is 9.10. The Balaban J connectivity index is 2.87. The van der Waals surface area contributed by atoms with Gasteiger partial charge in [0.1, 0.15) is 11.3 Å². The fourth-order valence-corrected chi connectivity index (χ4v) is 1.80. The summed E-state index contributed by atoms with van der Waals surface area (Å²) in [6.45, 7) is 0. The van der Waals surface area contributed by atoms with Crippen LogP contribution < -0.4 is 5.63 Å². The molecule has 2 rings (SSSR count). The molecule has 5 nitrogen and oxygen atoms in total. The molecule has 0 aliphatic rings. The van der Waals surface area contributed by atoms with Crippen molar-refractivity contribution < 1.29 is 19.1 Å². The number of hydrogen-bond acceptors (Lipinski definition) is 5. The number of rotatable bonds is 1. The van der Waals surface area contributed by atoms with Crippen molar-refractivity contribution in [3.8, 4) is 5.75 Å². The van der Waals surface area contributed by atoms with Gasteiger partial charge in [-0.2, -0.15) is 0 Å². The highest BCUT2D eigenvalue weighted by atomic mass is 79.9. The van der Waals surface area contributed by atoms with Crippen LogP contribution in [0.1, 0.15) is 10.4 Å². The monoisotopic (exact) mass is 298 g/mol. The summed E-state index contributed by atoms with van der Waals surface area (Å²) in [6.07, 6.45) is 0. The van der Waals surface area contributed by atoms with Gasteiger partial charge >= 0.3 is 11.6 Å². The average molecular weight is 299 g/mol. The molecule has 0 aliphatic carbocycles. The van der Waals surface area contributed by atoms with Crippen LogP contribution in [0.15, 0.2) is 31.9 Å². The van der Waals surface area contributed by atoms with Gasteiger partial charge in [-0.05, 0) is 18.2 Å². The molecule has 0 atom stereocenters. The second-order valence-electron chi connectivity index (χ2n) is 3.25. The lowest BCUT2D eigenvalue weighted by atomic mass is 10.1. The number of carbonyl (C=O) groups is 1. The predicted molar refractivity (Wildman–Crippen MR) is 63.2 cm³/mol. The lowest BCUT2D eigenvalue weighted by Crippen LogP contribution is -2.15. The van der Waals surface area contributed by atoms with Crippen LogP contribution >= 0.6 is 15.9 Å². The maximum absolute atomic E-state index is 11.5. The number of fused-ring (bicyclic) bond motifs is 1. The Bertz CT molecular complexity index is 659. The van der Waals surface area contributed by atoms with Crippen LogP contribution in [0.4, 0.5) is 0 Å². The van der Waals surface area contributed by atoms with Gasteiger partial charge in [-0.3, -0.25) is 0 Å². The molecule has 0 bridgehead atoms. The Morgan fingerprint density at radius 1 is 1.47 bits per heavy atom. The first-order valence-electron chi connectivity index (χ1n) is 4.58. The molecule has 0 spiro atoms. The summed E-state index contributed by atoms with van der Waals surface area (Å²) in [6, 6.07) is 4.71. The average Bonchev–Trinajstić information content (AvgIpc) is 2.30. The number of benzene rings is 1. The summed E-state index contributed by atoms with van der Waals surface area (Å²) < 4.78 is 10.0. The van der Waals surface area contributed by atoms with E-state index in [1.807, 2.05) is 0 Å². The minimum Gasteiger partial charge on any atom is -0.506 e. The summed E-state index contributed by atoms with van der Waals surface area (Å²) in [4.78, 5) is 22.8. The molecular formula is C11H7BrO5. The minimum absolute atomic E-state index is 0.198. The van der Waals surface area contributed by atoms with Crippen LogP contribution in [-0.4, -0.2) is 18.2 Å². The van der Waals surface area contributed by atoms with Gasteiger partial charge in [-0.25, -0.2) is 9.59 Å². The van der Waals surface area contributed by atoms with Gasteiger partial charge in [0, 0.05) is 4.47 Å². The first kappa shape index (κ1) is 11.7. The molecule has 1 heterocycles. The number of ether oxygens (including phenoxy) is 1. The second kappa shape index (κ2) is 4.21. The van der Waals surface area contributed by atoms with Gasteiger partial charge in [0.15, 0.2) is 5.56 Å². The Labute approximate surface area is 104 Å². The number of hydrogen-bond donors (Lipinski definition) is 1. The minimum atomic E-state index is -0.932. The maximum atomic E-state index is 11.5. The van der Waals surface area contributed by atoms with E-state index >= 15 is 0 Å². The normalized spacial score (nSPS) is 10.5. The van der Waals surface area contributed by atoms with Gasteiger partial charge in [-0.1, -0.05) is 15.9 Å². The number of methoxy groups -OCH3 is 1. The zero-order chi connectivity index (χ0) is 12.6. The molecule has 0 unspecified atom stereocenters. The van der Waals surface area contributed by atoms with Crippen LogP contribution in [-0.2, 0) is 4.74 Å². The van der Waals surface area contributed by atoms with Crippen molar-refractivity contribution in [3.05, 3.63) is 38.7 Å². The molecule has 2 aromatic rings. The van der Waals surface area contributed by atoms with Crippen LogP contribution in [0, 0.1) is 0 Å². The molecule has 0 fully saturated rings. The summed E-state index contributed by atoms with van der Waals surface area (Å²) in [5, 5.41) is 10.1. The molecule has 0 amide bonds. The van der Waals surface area contributed by atoms with Crippen molar-refractivity contribution in [3.63, 3.8) is 0 Å². The molecule has 1 N–H and O–H groups in total. The molecule has 6 heteroatoms. The third-order valence-electron chi connectivity index (χ3n) is 2.23. The zero-order valence-electron chi connectivity index (χ0n) is 8.69. The Hall–Kier alpha value is -1.82. The topological polar surface area (TPSA) is 76.7 Å². The van der Waals surface area contributed by atoms with E-state index in [1.54, 1.807) is 12.1 Å². The van der Waals surface area contributed by atoms with E-state index in [0.29, 0.717) is 4.47 Å². The summed E-state index contributed by atoms with van der Waals surface area (Å²) in [5.74, 6) is -1.37. The third-order valence-corrected chi connectivity index (χ3v) is 2.72. The molecule has 1 aromatic heterocycles. The molecule has 0 aliphatic heterocycles. The van der Waals surface area contributed by atoms with E-state index in [4.69, 9.17) is 4.42 Å². The zero-order valence-corrected chi connectivity index (χ0v) is 10.3. The Morgan fingerprint density at radius 2 is 2.18 bits per heavy atom. The van der Waals surface area contributed by atoms with Crippen LogP contribution in [0.25, 0.3) is 11.0 Å². The van der Waals surface area contributed by atoms with E-state index in [2.05, 4.69) is 20.7 Å². The van der Waals surface area contributed by atoms with Crippen LogP contribution in [0.5, 0.6) is 5.75 Å². The summed E-state index contributed by atoms with van der Waals surface area (Å²) >= 11 is 3.22. The number of carbonyl (C=O) groups excluding carboxylic acids is 1. The first-order valence-corrected chi connectivity index (χ1v) is 5.37. The molecule has 0 saturated heterocycles. The van der Waals surface area contributed by atoms with E-state index in [9.17, 15) is 14.7 Å². The van der Waals surface area contributed by atoms with Gasteiger partial charge < -0.3 is 14.3 Å². The SMILES string of the molecule is COC(=O)c1c(O)c2cc(Br)ccc2oc1=O.